The number of hydrogen-bond acceptors (Lipinski definition) is 4. The van der Waals surface area contributed by atoms with E-state index in [0.29, 0.717) is 5.56 Å². The summed E-state index contributed by atoms with van der Waals surface area (Å²) in [7, 11) is 0. The topological polar surface area (TPSA) is 89.3 Å². The van der Waals surface area contributed by atoms with Crippen molar-refractivity contribution in [3.63, 3.8) is 0 Å². The van der Waals surface area contributed by atoms with Gasteiger partial charge in [0.05, 0.1) is 0 Å². The van der Waals surface area contributed by atoms with E-state index in [4.69, 9.17) is 0 Å². The van der Waals surface area contributed by atoms with E-state index in [-0.39, 0.29) is 11.3 Å². The summed E-state index contributed by atoms with van der Waals surface area (Å²) in [4.78, 5) is 34.8. The molecular formula is C18H10N2O4. The molecule has 24 heavy (non-hydrogen) atoms. The van der Waals surface area contributed by atoms with Gasteiger partial charge in [0.1, 0.15) is 0 Å². The van der Waals surface area contributed by atoms with E-state index < -0.39 is 16.6 Å². The second-order valence-corrected chi connectivity index (χ2v) is 5.57. The Balaban J connectivity index is 1.97. The number of carbonyl (C=O) groups excluding carboxylic acids is 2. The standard InChI is InChI=1S/C18H10N2O4/c21-17-15-8-13-6-11-4-2-1-3-10(11)5-12(13)7-14(15)9-16(18(17)22)19-20(23)24/h1-9,19H. The van der Waals surface area contributed by atoms with Crippen LogP contribution in [0, 0.1) is 10.1 Å². The molecule has 0 bridgehead atoms. The van der Waals surface area contributed by atoms with Gasteiger partial charge in [-0.3, -0.25) is 9.59 Å². The third-order valence-corrected chi connectivity index (χ3v) is 4.08. The molecule has 3 aromatic rings. The predicted octanol–water partition coefficient (Wildman–Crippen LogP) is 2.88. The highest BCUT2D eigenvalue weighted by atomic mass is 16.7. The van der Waals surface area contributed by atoms with Crippen molar-refractivity contribution in [1.82, 2.24) is 5.43 Å². The number of allylic oxidation sites excluding steroid dienone is 1. The molecule has 0 amide bonds. The highest BCUT2D eigenvalue weighted by Crippen LogP contribution is 2.29. The lowest BCUT2D eigenvalue weighted by molar-refractivity contribution is -0.534. The maximum Gasteiger partial charge on any atom is 0.255 e. The molecule has 1 aliphatic carbocycles. The summed E-state index contributed by atoms with van der Waals surface area (Å²) in [5.41, 5.74) is 2.22. The van der Waals surface area contributed by atoms with Crippen LogP contribution in [-0.4, -0.2) is 16.6 Å². The average Bonchev–Trinajstić information content (AvgIpc) is 2.56. The lowest BCUT2D eigenvalue weighted by Gasteiger charge is -2.14. The van der Waals surface area contributed by atoms with E-state index in [1.807, 2.05) is 36.4 Å². The smallest absolute Gasteiger partial charge is 0.255 e. The molecule has 0 atom stereocenters. The Bertz CT molecular complexity index is 1100. The molecule has 6 nitrogen and oxygen atoms in total. The normalized spacial score (nSPS) is 13.8. The fourth-order valence-electron chi connectivity index (χ4n) is 2.97. The number of nitro groups is 1. The Labute approximate surface area is 135 Å². The number of nitrogens with one attached hydrogen (secondary N) is 1. The Morgan fingerprint density at radius 1 is 0.833 bits per heavy atom. The van der Waals surface area contributed by atoms with Crippen LogP contribution < -0.4 is 5.43 Å². The van der Waals surface area contributed by atoms with Gasteiger partial charge in [-0.15, -0.1) is 5.43 Å². The van der Waals surface area contributed by atoms with Gasteiger partial charge >= 0.3 is 0 Å². The molecule has 0 saturated heterocycles. The van der Waals surface area contributed by atoms with Crippen LogP contribution in [0.3, 0.4) is 0 Å². The molecule has 0 aliphatic heterocycles. The molecule has 6 heteroatoms. The lowest BCUT2D eigenvalue weighted by atomic mass is 9.90. The highest BCUT2D eigenvalue weighted by Gasteiger charge is 2.30. The molecule has 0 aromatic heterocycles. The monoisotopic (exact) mass is 318 g/mol. The molecule has 4 rings (SSSR count). The first-order valence-electron chi connectivity index (χ1n) is 7.21. The van der Waals surface area contributed by atoms with Crippen molar-refractivity contribution < 1.29 is 14.6 Å². The van der Waals surface area contributed by atoms with E-state index >= 15 is 0 Å². The number of Topliss-reactive ketones (excluding diaryl/α,β-unsaturated/α-hetero) is 2. The quantitative estimate of drug-likeness (QED) is 0.340. The zero-order valence-electron chi connectivity index (χ0n) is 12.3. The minimum absolute atomic E-state index is 0.261. The van der Waals surface area contributed by atoms with Crippen LogP contribution in [0.4, 0.5) is 0 Å². The minimum atomic E-state index is -0.903. The molecule has 1 aliphatic rings. The number of fused-ring (bicyclic) bond motifs is 3. The van der Waals surface area contributed by atoms with Crippen LogP contribution in [0.2, 0.25) is 0 Å². The largest absolute Gasteiger partial charge is 0.285 e. The predicted molar refractivity (Wildman–Crippen MR) is 88.9 cm³/mol. The Morgan fingerprint density at radius 3 is 2.08 bits per heavy atom. The van der Waals surface area contributed by atoms with Gasteiger partial charge in [0.15, 0.2) is 10.7 Å². The van der Waals surface area contributed by atoms with Crippen molar-refractivity contribution in [2.75, 3.05) is 0 Å². The first-order valence-corrected chi connectivity index (χ1v) is 7.21. The van der Waals surface area contributed by atoms with Crippen LogP contribution in [0.15, 0.2) is 54.2 Å². The first-order chi connectivity index (χ1) is 11.5. The van der Waals surface area contributed by atoms with Crippen molar-refractivity contribution >= 4 is 39.2 Å². The van der Waals surface area contributed by atoms with Crippen LogP contribution in [0.25, 0.3) is 27.6 Å². The summed E-state index contributed by atoms with van der Waals surface area (Å²) < 4.78 is 0. The third kappa shape index (κ3) is 2.13. The fourth-order valence-corrected chi connectivity index (χ4v) is 2.97. The Kier molecular flexibility index (Phi) is 2.93. The third-order valence-electron chi connectivity index (χ3n) is 4.08. The van der Waals surface area contributed by atoms with Gasteiger partial charge in [0, 0.05) is 5.56 Å². The van der Waals surface area contributed by atoms with E-state index in [0.717, 1.165) is 21.5 Å². The molecule has 116 valence electrons. The summed E-state index contributed by atoms with van der Waals surface area (Å²) >= 11 is 0. The zero-order chi connectivity index (χ0) is 16.8. The number of benzene rings is 3. The van der Waals surface area contributed by atoms with Crippen molar-refractivity contribution in [1.29, 1.82) is 0 Å². The number of hydrazine groups is 1. The number of carbonyl (C=O) groups is 2. The Hall–Kier alpha value is -3.54. The first kappa shape index (κ1) is 14.1. The zero-order valence-corrected chi connectivity index (χ0v) is 12.3. The summed E-state index contributed by atoms with van der Waals surface area (Å²) in [5, 5.41) is 13.5. The van der Waals surface area contributed by atoms with E-state index in [1.165, 1.54) is 6.08 Å². The van der Waals surface area contributed by atoms with E-state index in [1.54, 1.807) is 17.6 Å². The molecule has 0 spiro atoms. The van der Waals surface area contributed by atoms with Crippen LogP contribution in [0.1, 0.15) is 15.9 Å². The summed E-state index contributed by atoms with van der Waals surface area (Å²) in [6.07, 6.45) is 1.34. The van der Waals surface area contributed by atoms with Crippen LogP contribution in [0.5, 0.6) is 0 Å². The number of rotatable bonds is 2. The maximum atomic E-state index is 12.3. The fraction of sp³-hybridized carbons (Fsp3) is 0. The maximum absolute atomic E-state index is 12.3. The molecular weight excluding hydrogens is 308 g/mol. The Morgan fingerprint density at radius 2 is 1.46 bits per heavy atom. The van der Waals surface area contributed by atoms with Gasteiger partial charge in [-0.25, -0.2) is 10.1 Å². The number of hydrogen-bond donors (Lipinski definition) is 1. The second-order valence-electron chi connectivity index (χ2n) is 5.57. The van der Waals surface area contributed by atoms with Gasteiger partial charge < -0.3 is 0 Å². The van der Waals surface area contributed by atoms with Crippen molar-refractivity contribution in [2.24, 2.45) is 0 Å². The summed E-state index contributed by atoms with van der Waals surface area (Å²) in [6.45, 7) is 0. The van der Waals surface area contributed by atoms with Crippen molar-refractivity contribution in [2.45, 2.75) is 0 Å². The number of nitrogens with zero attached hydrogens (tertiary/aromatic N) is 1. The van der Waals surface area contributed by atoms with Gasteiger partial charge in [0.2, 0.25) is 5.78 Å². The number of ketones is 2. The second kappa shape index (κ2) is 4.99. The van der Waals surface area contributed by atoms with E-state index in [2.05, 4.69) is 0 Å². The SMILES string of the molecule is O=C1C(=O)c2cc3cc4ccccc4cc3cc2C=C1N[N+](=O)[O-]. The van der Waals surface area contributed by atoms with Crippen molar-refractivity contribution in [3.05, 3.63) is 75.5 Å². The molecule has 0 saturated carbocycles. The highest BCUT2D eigenvalue weighted by molar-refractivity contribution is 6.51. The average molecular weight is 318 g/mol. The minimum Gasteiger partial charge on any atom is -0.285 e. The van der Waals surface area contributed by atoms with Crippen LogP contribution >= 0.6 is 0 Å². The van der Waals surface area contributed by atoms with Gasteiger partial charge in [-0.2, -0.15) is 0 Å². The summed E-state index contributed by atoms with van der Waals surface area (Å²) in [5.74, 6) is -1.65. The molecule has 0 heterocycles. The van der Waals surface area contributed by atoms with E-state index in [9.17, 15) is 19.7 Å². The van der Waals surface area contributed by atoms with Gasteiger partial charge in [-0.1, -0.05) is 24.3 Å². The van der Waals surface area contributed by atoms with Gasteiger partial charge in [-0.05, 0) is 57.4 Å². The molecule has 0 fully saturated rings. The van der Waals surface area contributed by atoms with Gasteiger partial charge in [0.25, 0.3) is 5.78 Å². The van der Waals surface area contributed by atoms with Crippen LogP contribution in [-0.2, 0) is 4.79 Å². The lowest BCUT2D eigenvalue weighted by Crippen LogP contribution is -2.32. The summed E-state index contributed by atoms with van der Waals surface area (Å²) in [6, 6.07) is 15.2. The molecule has 1 N–H and O–H groups in total. The molecule has 0 radical (unpaired) electrons. The molecule has 0 unspecified atom stereocenters. The molecule has 3 aromatic carbocycles. The van der Waals surface area contributed by atoms with Crippen molar-refractivity contribution in [3.8, 4) is 0 Å².